The molecular formula is C19H21IN2O5S2. The molecule has 156 valence electrons. The Morgan fingerprint density at radius 1 is 1.28 bits per heavy atom. The third-order valence-electron chi connectivity index (χ3n) is 4.68. The Hall–Kier alpha value is -1.50. The second-order valence-electron chi connectivity index (χ2n) is 6.73. The Kier molecular flexibility index (Phi) is 7.30. The van der Waals surface area contributed by atoms with Crippen LogP contribution < -0.4 is 5.32 Å². The number of amides is 1. The predicted octanol–water partition coefficient (Wildman–Crippen LogP) is 3.24. The monoisotopic (exact) mass is 548 g/mol. The maximum absolute atomic E-state index is 12.5. The third kappa shape index (κ3) is 5.56. The summed E-state index contributed by atoms with van der Waals surface area (Å²) >= 11 is 3.37. The Labute approximate surface area is 187 Å². The van der Waals surface area contributed by atoms with Crippen molar-refractivity contribution in [2.45, 2.75) is 24.0 Å². The van der Waals surface area contributed by atoms with Crippen LogP contribution in [0.25, 0.3) is 0 Å². The van der Waals surface area contributed by atoms with E-state index in [1.54, 1.807) is 23.6 Å². The molecule has 0 saturated carbocycles. The molecule has 29 heavy (non-hydrogen) atoms. The lowest BCUT2D eigenvalue weighted by molar-refractivity contribution is -0.152. The van der Waals surface area contributed by atoms with Gasteiger partial charge in [0.05, 0.1) is 5.92 Å². The lowest BCUT2D eigenvalue weighted by Gasteiger charge is -2.29. The molecule has 2 heterocycles. The molecule has 10 heteroatoms. The summed E-state index contributed by atoms with van der Waals surface area (Å²) in [5, 5.41) is 4.45. The summed E-state index contributed by atoms with van der Waals surface area (Å²) in [6, 6.07) is 8.91. The Bertz CT molecular complexity index is 984. The van der Waals surface area contributed by atoms with Crippen molar-refractivity contribution in [1.29, 1.82) is 0 Å². The van der Waals surface area contributed by atoms with Crippen molar-refractivity contribution >= 4 is 61.5 Å². The Morgan fingerprint density at radius 2 is 2.00 bits per heavy atom. The van der Waals surface area contributed by atoms with Gasteiger partial charge in [0, 0.05) is 22.3 Å². The van der Waals surface area contributed by atoms with Gasteiger partial charge in [-0.2, -0.15) is 4.31 Å². The lowest BCUT2D eigenvalue weighted by atomic mass is 9.98. The minimum atomic E-state index is -3.50. The summed E-state index contributed by atoms with van der Waals surface area (Å²) in [7, 11) is -3.50. The first-order valence-electron chi connectivity index (χ1n) is 9.03. The zero-order chi connectivity index (χ0) is 21.0. The van der Waals surface area contributed by atoms with Crippen molar-refractivity contribution in [3.05, 3.63) is 44.8 Å². The van der Waals surface area contributed by atoms with E-state index in [1.165, 1.54) is 15.6 Å². The minimum Gasteiger partial charge on any atom is -0.455 e. The molecule has 1 N–H and O–H groups in total. The SMILES string of the molecule is Cc1cc(I)ccc1NC(=O)COC(=O)C1CCN(S(=O)(=O)c2cccs2)CC1. The first-order valence-corrected chi connectivity index (χ1v) is 12.4. The van der Waals surface area contributed by atoms with Gasteiger partial charge < -0.3 is 10.1 Å². The van der Waals surface area contributed by atoms with Crippen LogP contribution in [0.4, 0.5) is 5.69 Å². The fraction of sp³-hybridized carbons (Fsp3) is 0.368. The number of thiophene rings is 1. The van der Waals surface area contributed by atoms with Crippen molar-refractivity contribution in [1.82, 2.24) is 4.31 Å². The maximum atomic E-state index is 12.5. The van der Waals surface area contributed by atoms with Crippen molar-refractivity contribution in [3.8, 4) is 0 Å². The highest BCUT2D eigenvalue weighted by Gasteiger charge is 2.33. The molecule has 7 nitrogen and oxygen atoms in total. The molecule has 1 fully saturated rings. The number of nitrogens with one attached hydrogen (secondary N) is 1. The second kappa shape index (κ2) is 9.54. The fourth-order valence-electron chi connectivity index (χ4n) is 3.08. The van der Waals surface area contributed by atoms with Crippen LogP contribution in [0.15, 0.2) is 39.9 Å². The van der Waals surface area contributed by atoms with E-state index in [2.05, 4.69) is 27.9 Å². The number of hydrogen-bond acceptors (Lipinski definition) is 6. The largest absolute Gasteiger partial charge is 0.455 e. The van der Waals surface area contributed by atoms with Crippen LogP contribution in [0.1, 0.15) is 18.4 Å². The van der Waals surface area contributed by atoms with Crippen molar-refractivity contribution in [2.75, 3.05) is 25.0 Å². The van der Waals surface area contributed by atoms with Gasteiger partial charge in [0.15, 0.2) is 6.61 Å². The lowest BCUT2D eigenvalue weighted by Crippen LogP contribution is -2.40. The van der Waals surface area contributed by atoms with Gasteiger partial charge in [0.1, 0.15) is 4.21 Å². The second-order valence-corrected chi connectivity index (χ2v) is 11.1. The molecule has 0 unspecified atom stereocenters. The zero-order valence-corrected chi connectivity index (χ0v) is 19.6. The average Bonchev–Trinajstić information content (AvgIpc) is 3.24. The molecule has 2 aromatic rings. The smallest absolute Gasteiger partial charge is 0.309 e. The molecule has 1 amide bonds. The number of piperidine rings is 1. The summed E-state index contributed by atoms with van der Waals surface area (Å²) in [6.45, 7) is 2.04. The van der Waals surface area contributed by atoms with Gasteiger partial charge in [0.2, 0.25) is 0 Å². The Morgan fingerprint density at radius 3 is 2.62 bits per heavy atom. The number of rotatable bonds is 6. The number of halogens is 1. The standard InChI is InChI=1S/C19H21IN2O5S2/c1-13-11-15(20)4-5-16(13)21-17(23)12-27-19(24)14-6-8-22(9-7-14)29(25,26)18-3-2-10-28-18/h2-5,10-11,14H,6-9,12H2,1H3,(H,21,23). The molecule has 1 aromatic heterocycles. The number of anilines is 1. The molecule has 0 atom stereocenters. The van der Waals surface area contributed by atoms with E-state index < -0.39 is 27.8 Å². The van der Waals surface area contributed by atoms with E-state index in [-0.39, 0.29) is 19.7 Å². The maximum Gasteiger partial charge on any atom is 0.309 e. The van der Waals surface area contributed by atoms with Crippen molar-refractivity contribution in [2.24, 2.45) is 5.92 Å². The molecule has 1 aliphatic heterocycles. The molecular weight excluding hydrogens is 527 g/mol. The van der Waals surface area contributed by atoms with Crippen LogP contribution in [0.5, 0.6) is 0 Å². The van der Waals surface area contributed by atoms with Crippen molar-refractivity contribution < 1.29 is 22.7 Å². The molecule has 1 aliphatic rings. The molecule has 0 bridgehead atoms. The molecule has 0 radical (unpaired) electrons. The van der Waals surface area contributed by atoms with E-state index in [0.717, 1.165) is 9.13 Å². The number of ether oxygens (including phenoxy) is 1. The number of sulfonamides is 1. The van der Waals surface area contributed by atoms with Crippen LogP contribution in [0, 0.1) is 16.4 Å². The van der Waals surface area contributed by atoms with E-state index in [0.29, 0.717) is 22.7 Å². The van der Waals surface area contributed by atoms with Gasteiger partial charge in [-0.3, -0.25) is 9.59 Å². The molecule has 1 aromatic carbocycles. The van der Waals surface area contributed by atoms with Gasteiger partial charge in [0.25, 0.3) is 15.9 Å². The van der Waals surface area contributed by atoms with Gasteiger partial charge in [-0.15, -0.1) is 11.3 Å². The Balaban J connectivity index is 1.47. The van der Waals surface area contributed by atoms with Crippen molar-refractivity contribution in [3.63, 3.8) is 0 Å². The van der Waals surface area contributed by atoms with E-state index in [9.17, 15) is 18.0 Å². The van der Waals surface area contributed by atoms with Crippen LogP contribution in [0.2, 0.25) is 0 Å². The van der Waals surface area contributed by atoms with Crippen LogP contribution >= 0.6 is 33.9 Å². The van der Waals surface area contributed by atoms with Crippen LogP contribution in [-0.4, -0.2) is 44.3 Å². The third-order valence-corrected chi connectivity index (χ3v) is 8.63. The number of esters is 1. The van der Waals surface area contributed by atoms with Gasteiger partial charge in [-0.25, -0.2) is 8.42 Å². The summed E-state index contributed by atoms with van der Waals surface area (Å²) in [4.78, 5) is 24.4. The predicted molar refractivity (Wildman–Crippen MR) is 119 cm³/mol. The highest BCUT2D eigenvalue weighted by molar-refractivity contribution is 14.1. The average molecular weight is 548 g/mol. The number of nitrogens with zero attached hydrogens (tertiary/aromatic N) is 1. The quantitative estimate of drug-likeness (QED) is 0.442. The number of hydrogen-bond donors (Lipinski definition) is 1. The van der Waals surface area contributed by atoms with E-state index in [1.807, 2.05) is 19.1 Å². The molecule has 0 spiro atoms. The molecule has 1 saturated heterocycles. The summed E-state index contributed by atoms with van der Waals surface area (Å²) in [5.74, 6) is -1.27. The van der Waals surface area contributed by atoms with E-state index >= 15 is 0 Å². The van der Waals surface area contributed by atoms with Crippen LogP contribution in [0.3, 0.4) is 0 Å². The zero-order valence-electron chi connectivity index (χ0n) is 15.8. The summed E-state index contributed by atoms with van der Waals surface area (Å²) in [5.41, 5.74) is 1.61. The van der Waals surface area contributed by atoms with Gasteiger partial charge in [-0.05, 0) is 77.6 Å². The number of benzene rings is 1. The summed E-state index contributed by atoms with van der Waals surface area (Å²) in [6.07, 6.45) is 0.753. The highest BCUT2D eigenvalue weighted by atomic mass is 127. The number of carbonyl (C=O) groups is 2. The van der Waals surface area contributed by atoms with Gasteiger partial charge in [-0.1, -0.05) is 6.07 Å². The number of carbonyl (C=O) groups excluding carboxylic acids is 2. The van der Waals surface area contributed by atoms with Crippen LogP contribution in [-0.2, 0) is 24.3 Å². The minimum absolute atomic E-state index is 0.258. The van der Waals surface area contributed by atoms with E-state index in [4.69, 9.17) is 4.74 Å². The first kappa shape index (κ1) is 22.2. The molecule has 3 rings (SSSR count). The first-order chi connectivity index (χ1) is 13.8. The highest BCUT2D eigenvalue weighted by Crippen LogP contribution is 2.27. The molecule has 0 aliphatic carbocycles. The normalized spacial score (nSPS) is 15.8. The summed E-state index contributed by atoms with van der Waals surface area (Å²) < 4.78 is 33.0. The number of aryl methyl sites for hydroxylation is 1. The fourth-order valence-corrected chi connectivity index (χ4v) is 6.34. The topological polar surface area (TPSA) is 92.8 Å². The van der Waals surface area contributed by atoms with Gasteiger partial charge >= 0.3 is 5.97 Å².